The van der Waals surface area contributed by atoms with Crippen LogP contribution in [-0.2, 0) is 13.2 Å². The van der Waals surface area contributed by atoms with E-state index in [-0.39, 0.29) is 11.2 Å². The van der Waals surface area contributed by atoms with E-state index in [1.807, 2.05) is 6.08 Å². The fourth-order valence-electron chi connectivity index (χ4n) is 3.86. The van der Waals surface area contributed by atoms with Gasteiger partial charge in [0.2, 0.25) is 0 Å². The topological polar surface area (TPSA) is 97.9 Å². The summed E-state index contributed by atoms with van der Waals surface area (Å²) in [5, 5.41) is 6.99. The highest BCUT2D eigenvalue weighted by atomic mass is 19.4. The first-order valence-corrected chi connectivity index (χ1v) is 10.1. The lowest BCUT2D eigenvalue weighted by Gasteiger charge is -2.20. The average Bonchev–Trinajstić information content (AvgIpc) is 2.76. The molecule has 1 unspecified atom stereocenters. The minimum atomic E-state index is -4.50. The molecule has 0 radical (unpaired) electrons. The lowest BCUT2D eigenvalue weighted by atomic mass is 10.00. The molecule has 0 fully saturated rings. The predicted molar refractivity (Wildman–Crippen MR) is 118 cm³/mol. The van der Waals surface area contributed by atoms with Crippen LogP contribution in [0.25, 0.3) is 16.6 Å². The summed E-state index contributed by atoms with van der Waals surface area (Å²) in [5.74, 6) is 0.421. The lowest BCUT2D eigenvalue weighted by molar-refractivity contribution is -0.137. The zero-order valence-electron chi connectivity index (χ0n) is 17.6. The van der Waals surface area contributed by atoms with Crippen molar-refractivity contribution < 1.29 is 13.2 Å². The van der Waals surface area contributed by atoms with Crippen LogP contribution in [-0.4, -0.2) is 27.6 Å². The number of rotatable bonds is 4. The van der Waals surface area contributed by atoms with Gasteiger partial charge >= 0.3 is 6.18 Å². The molecule has 0 saturated carbocycles. The lowest BCUT2D eigenvalue weighted by Crippen LogP contribution is -2.26. The molecular weight excluding hydrogens is 421 g/mol. The van der Waals surface area contributed by atoms with Gasteiger partial charge in [-0.25, -0.2) is 9.97 Å². The summed E-state index contributed by atoms with van der Waals surface area (Å²) in [6, 6.07) is 4.70. The van der Waals surface area contributed by atoms with Gasteiger partial charge in [-0.1, -0.05) is 6.08 Å². The number of aromatic nitrogens is 3. The van der Waals surface area contributed by atoms with Crippen LogP contribution >= 0.6 is 0 Å². The van der Waals surface area contributed by atoms with Gasteiger partial charge in [0.1, 0.15) is 17.8 Å². The van der Waals surface area contributed by atoms with Gasteiger partial charge in [-0.2, -0.15) is 13.2 Å². The highest BCUT2D eigenvalue weighted by Gasteiger charge is 2.31. The highest BCUT2D eigenvalue weighted by Crippen LogP contribution is 2.34. The van der Waals surface area contributed by atoms with Crippen LogP contribution in [0.1, 0.15) is 36.1 Å². The van der Waals surface area contributed by atoms with E-state index in [0.29, 0.717) is 34.5 Å². The Balaban J connectivity index is 1.77. The zero-order valence-corrected chi connectivity index (χ0v) is 17.6. The first-order chi connectivity index (χ1) is 15.1. The molecule has 0 saturated heterocycles. The maximum Gasteiger partial charge on any atom is 0.416 e. The summed E-state index contributed by atoms with van der Waals surface area (Å²) >= 11 is 0. The van der Waals surface area contributed by atoms with Crippen LogP contribution in [0.3, 0.4) is 0 Å². The largest absolute Gasteiger partial charge is 0.416 e. The molecule has 4 N–H and O–H groups in total. The molecule has 1 aromatic carbocycles. The number of nitrogens with zero attached hydrogens (tertiary/aromatic N) is 3. The number of aryl methyl sites for hydroxylation is 1. The van der Waals surface area contributed by atoms with E-state index in [0.717, 1.165) is 30.7 Å². The first-order valence-electron chi connectivity index (χ1n) is 10.1. The van der Waals surface area contributed by atoms with Crippen LogP contribution in [0.15, 0.2) is 41.5 Å². The molecule has 3 heterocycles. The third kappa shape index (κ3) is 4.18. The number of hydrogen-bond acceptors (Lipinski definition) is 6. The fourth-order valence-corrected chi connectivity index (χ4v) is 3.86. The quantitative estimate of drug-likeness (QED) is 0.533. The Morgan fingerprint density at radius 2 is 2.00 bits per heavy atom. The molecule has 1 aliphatic heterocycles. The van der Waals surface area contributed by atoms with Crippen LogP contribution in [0.4, 0.5) is 24.7 Å². The summed E-state index contributed by atoms with van der Waals surface area (Å²) in [4.78, 5) is 21.4. The Kier molecular flexibility index (Phi) is 5.64. The van der Waals surface area contributed by atoms with E-state index in [1.165, 1.54) is 17.0 Å². The predicted octanol–water partition coefficient (Wildman–Crippen LogP) is 3.48. The molecule has 0 aliphatic carbocycles. The van der Waals surface area contributed by atoms with Crippen molar-refractivity contribution in [1.82, 2.24) is 19.9 Å². The fraction of sp³-hybridized carbons (Fsp3) is 0.318. The highest BCUT2D eigenvalue weighted by molar-refractivity contribution is 5.89. The summed E-state index contributed by atoms with van der Waals surface area (Å²) in [6.45, 7) is 3.18. The number of nitrogens with two attached hydrogens (primary N) is 1. The molecule has 1 atom stereocenters. The second-order valence-electron chi connectivity index (χ2n) is 7.82. The molecular formula is C22H23F3N6O. The standard InChI is InChI=1S/C22H23F3N6O/c1-12(14-7-15(22(23,24)25)9-16(26)8-14)30-19-18-10-17(13-3-5-27-6-4-13)21(32)31(2)20(18)29-11-28-19/h3,7-12,27H,4-6,26H2,1-2H3,(H,28,29,30). The van der Waals surface area contributed by atoms with E-state index in [9.17, 15) is 18.0 Å². The van der Waals surface area contributed by atoms with E-state index >= 15 is 0 Å². The van der Waals surface area contributed by atoms with Crippen molar-refractivity contribution in [2.24, 2.45) is 7.05 Å². The Morgan fingerprint density at radius 1 is 1.22 bits per heavy atom. The normalized spacial score (nSPS) is 15.5. The van der Waals surface area contributed by atoms with Gasteiger partial charge in [0.15, 0.2) is 0 Å². The molecule has 10 heteroatoms. The van der Waals surface area contributed by atoms with Gasteiger partial charge in [-0.3, -0.25) is 9.36 Å². The van der Waals surface area contributed by atoms with Crippen molar-refractivity contribution in [2.75, 3.05) is 24.1 Å². The van der Waals surface area contributed by atoms with Gasteiger partial charge < -0.3 is 16.4 Å². The second-order valence-corrected chi connectivity index (χ2v) is 7.82. The molecule has 1 aliphatic rings. The van der Waals surface area contributed by atoms with Crippen molar-refractivity contribution in [3.05, 3.63) is 63.7 Å². The number of alkyl halides is 3. The molecule has 0 amide bonds. The number of anilines is 2. The number of nitrogens with one attached hydrogen (secondary N) is 2. The Labute approximate surface area is 182 Å². The third-order valence-electron chi connectivity index (χ3n) is 5.57. The van der Waals surface area contributed by atoms with E-state index < -0.39 is 17.8 Å². The van der Waals surface area contributed by atoms with Crippen molar-refractivity contribution in [3.8, 4) is 0 Å². The van der Waals surface area contributed by atoms with Gasteiger partial charge in [0.05, 0.1) is 17.0 Å². The van der Waals surface area contributed by atoms with Gasteiger partial charge in [0.25, 0.3) is 5.56 Å². The van der Waals surface area contributed by atoms with Gasteiger partial charge in [-0.15, -0.1) is 0 Å². The molecule has 0 bridgehead atoms. The molecule has 7 nitrogen and oxygen atoms in total. The molecule has 32 heavy (non-hydrogen) atoms. The molecule has 4 rings (SSSR count). The van der Waals surface area contributed by atoms with Crippen molar-refractivity contribution in [2.45, 2.75) is 25.6 Å². The Morgan fingerprint density at radius 3 is 2.69 bits per heavy atom. The maximum atomic E-state index is 13.2. The summed E-state index contributed by atoms with van der Waals surface area (Å²) in [7, 11) is 1.64. The summed E-state index contributed by atoms with van der Waals surface area (Å²) in [5.41, 5.74) is 7.08. The van der Waals surface area contributed by atoms with Crippen molar-refractivity contribution in [1.29, 1.82) is 0 Å². The first kappa shape index (κ1) is 21.8. The Hall–Kier alpha value is -3.40. The molecule has 2 aromatic heterocycles. The zero-order chi connectivity index (χ0) is 23.0. The van der Waals surface area contributed by atoms with Crippen LogP contribution < -0.4 is 21.9 Å². The smallest absolute Gasteiger partial charge is 0.399 e. The maximum absolute atomic E-state index is 13.2. The van der Waals surface area contributed by atoms with Gasteiger partial charge in [-0.05, 0) is 55.3 Å². The SMILES string of the molecule is CC(Nc1ncnc2c1cc(C1=CCNCC1)c(=O)n2C)c1cc(N)cc(C(F)(F)F)c1. The summed E-state index contributed by atoms with van der Waals surface area (Å²) < 4.78 is 41.1. The monoisotopic (exact) mass is 444 g/mol. The Bertz CT molecular complexity index is 1260. The molecule has 3 aromatic rings. The van der Waals surface area contributed by atoms with Crippen LogP contribution in [0, 0.1) is 0 Å². The third-order valence-corrected chi connectivity index (χ3v) is 5.57. The number of pyridine rings is 1. The second kappa shape index (κ2) is 8.27. The van der Waals surface area contributed by atoms with Crippen LogP contribution in [0.5, 0.6) is 0 Å². The number of nitrogen functional groups attached to an aromatic ring is 1. The average molecular weight is 444 g/mol. The number of hydrogen-bond donors (Lipinski definition) is 3. The van der Waals surface area contributed by atoms with Crippen LogP contribution in [0.2, 0.25) is 0 Å². The number of halogens is 3. The minimum absolute atomic E-state index is 0.0264. The minimum Gasteiger partial charge on any atom is -0.399 e. The van der Waals surface area contributed by atoms with E-state index in [1.54, 1.807) is 20.0 Å². The molecule has 168 valence electrons. The van der Waals surface area contributed by atoms with Crippen molar-refractivity contribution >= 4 is 28.1 Å². The van der Waals surface area contributed by atoms with Crippen molar-refractivity contribution in [3.63, 3.8) is 0 Å². The van der Waals surface area contributed by atoms with E-state index in [4.69, 9.17) is 5.73 Å². The van der Waals surface area contributed by atoms with E-state index in [2.05, 4.69) is 20.6 Å². The number of fused-ring (bicyclic) bond motifs is 1. The number of benzene rings is 1. The summed E-state index contributed by atoms with van der Waals surface area (Å²) in [6.07, 6.45) is -0.476. The molecule has 0 spiro atoms. The van der Waals surface area contributed by atoms with Gasteiger partial charge in [0, 0.05) is 24.8 Å².